The van der Waals surface area contributed by atoms with Crippen LogP contribution in [0.1, 0.15) is 0 Å². The molecule has 0 aliphatic carbocycles. The van der Waals surface area contributed by atoms with E-state index in [2.05, 4.69) is 10.2 Å². The van der Waals surface area contributed by atoms with Crippen molar-refractivity contribution in [2.45, 2.75) is 9.79 Å². The van der Waals surface area contributed by atoms with Crippen molar-refractivity contribution in [2.75, 3.05) is 11.5 Å². The second-order valence-corrected chi connectivity index (χ2v) is 9.14. The fourth-order valence-corrected chi connectivity index (χ4v) is 4.02. The SMILES string of the molecule is Nc1ccc(N=Nc2c(S(=O)(=O)O)cc3cc(S(=O)(=O)O)cc(O)c3c2N)c([N+](=O)[O-])c1. The van der Waals surface area contributed by atoms with Gasteiger partial charge >= 0.3 is 0 Å². The van der Waals surface area contributed by atoms with Crippen molar-refractivity contribution in [1.29, 1.82) is 0 Å². The predicted octanol–water partition coefficient (Wildman–Crippen LogP) is 2.53. The zero-order chi connectivity index (χ0) is 24.0. The summed E-state index contributed by atoms with van der Waals surface area (Å²) >= 11 is 0. The van der Waals surface area contributed by atoms with E-state index in [0.717, 1.165) is 24.3 Å². The molecule has 0 saturated heterocycles. The molecule has 0 aliphatic heterocycles. The molecule has 168 valence electrons. The average molecular weight is 483 g/mol. The molecule has 14 nitrogen and oxygen atoms in total. The Morgan fingerprint density at radius 1 is 0.938 bits per heavy atom. The third kappa shape index (κ3) is 4.28. The van der Waals surface area contributed by atoms with Gasteiger partial charge in [-0.05, 0) is 29.7 Å². The van der Waals surface area contributed by atoms with Crippen LogP contribution in [-0.4, -0.2) is 36.0 Å². The van der Waals surface area contributed by atoms with Gasteiger partial charge in [0.05, 0.1) is 15.5 Å². The molecule has 0 atom stereocenters. The summed E-state index contributed by atoms with van der Waals surface area (Å²) in [5.41, 5.74) is 9.36. The van der Waals surface area contributed by atoms with Gasteiger partial charge in [0.1, 0.15) is 16.3 Å². The van der Waals surface area contributed by atoms with Crippen LogP contribution >= 0.6 is 0 Å². The highest BCUT2D eigenvalue weighted by Crippen LogP contribution is 2.43. The highest BCUT2D eigenvalue weighted by atomic mass is 32.2. The lowest BCUT2D eigenvalue weighted by atomic mass is 10.1. The number of nitrogens with zero attached hydrogens (tertiary/aromatic N) is 3. The van der Waals surface area contributed by atoms with Gasteiger partial charge in [0, 0.05) is 23.2 Å². The molecule has 3 aromatic rings. The van der Waals surface area contributed by atoms with E-state index in [4.69, 9.17) is 11.5 Å². The van der Waals surface area contributed by atoms with E-state index in [1.165, 1.54) is 6.07 Å². The van der Waals surface area contributed by atoms with Gasteiger partial charge in [-0.3, -0.25) is 19.2 Å². The van der Waals surface area contributed by atoms with Crippen molar-refractivity contribution in [3.8, 4) is 5.75 Å². The minimum atomic E-state index is -5.03. The van der Waals surface area contributed by atoms with Crippen molar-refractivity contribution in [1.82, 2.24) is 0 Å². The molecular formula is C16H13N5O9S2. The lowest BCUT2D eigenvalue weighted by Crippen LogP contribution is -2.03. The number of fused-ring (bicyclic) bond motifs is 1. The number of hydrogen-bond acceptors (Lipinski definition) is 11. The molecule has 0 fully saturated rings. The first-order valence-corrected chi connectivity index (χ1v) is 11.1. The van der Waals surface area contributed by atoms with Crippen LogP contribution in [0.3, 0.4) is 0 Å². The van der Waals surface area contributed by atoms with Gasteiger partial charge in [-0.2, -0.15) is 16.8 Å². The van der Waals surface area contributed by atoms with Crippen LogP contribution in [0.4, 0.5) is 28.4 Å². The molecular weight excluding hydrogens is 470 g/mol. The lowest BCUT2D eigenvalue weighted by molar-refractivity contribution is -0.384. The van der Waals surface area contributed by atoms with Gasteiger partial charge in [-0.25, -0.2) is 0 Å². The Morgan fingerprint density at radius 3 is 2.16 bits per heavy atom. The summed E-state index contributed by atoms with van der Waals surface area (Å²) in [4.78, 5) is 8.69. The lowest BCUT2D eigenvalue weighted by Gasteiger charge is -2.12. The molecule has 0 radical (unpaired) electrons. The topological polar surface area (TPSA) is 249 Å². The number of nitro benzene ring substituents is 1. The maximum absolute atomic E-state index is 11.9. The predicted molar refractivity (Wildman–Crippen MR) is 111 cm³/mol. The summed E-state index contributed by atoms with van der Waals surface area (Å²) in [6.45, 7) is 0. The second-order valence-electron chi connectivity index (χ2n) is 6.33. The van der Waals surface area contributed by atoms with Gasteiger partial charge in [0.15, 0.2) is 5.69 Å². The molecule has 3 rings (SSSR count). The van der Waals surface area contributed by atoms with Crippen LogP contribution in [0.25, 0.3) is 10.8 Å². The number of nitrogens with two attached hydrogens (primary N) is 2. The van der Waals surface area contributed by atoms with Crippen LogP contribution in [0.2, 0.25) is 0 Å². The molecule has 0 bridgehead atoms. The van der Waals surface area contributed by atoms with Crippen LogP contribution in [0, 0.1) is 10.1 Å². The summed E-state index contributed by atoms with van der Waals surface area (Å²) in [5.74, 6) is -0.760. The maximum atomic E-state index is 11.9. The van der Waals surface area contributed by atoms with E-state index in [-0.39, 0.29) is 22.1 Å². The van der Waals surface area contributed by atoms with Gasteiger partial charge in [-0.1, -0.05) is 0 Å². The molecule has 0 heterocycles. The minimum Gasteiger partial charge on any atom is -0.507 e. The number of benzene rings is 3. The highest BCUT2D eigenvalue weighted by Gasteiger charge is 2.24. The fraction of sp³-hybridized carbons (Fsp3) is 0. The van der Waals surface area contributed by atoms with E-state index in [0.29, 0.717) is 6.07 Å². The molecule has 16 heteroatoms. The molecule has 3 aromatic carbocycles. The Kier molecular flexibility index (Phi) is 5.48. The van der Waals surface area contributed by atoms with E-state index in [9.17, 15) is 41.2 Å². The fourth-order valence-electron chi connectivity index (χ4n) is 2.81. The molecule has 0 aromatic heterocycles. The van der Waals surface area contributed by atoms with Crippen LogP contribution in [-0.2, 0) is 20.2 Å². The Balaban J connectivity index is 2.35. The molecule has 0 saturated carbocycles. The van der Waals surface area contributed by atoms with Crippen molar-refractivity contribution in [3.63, 3.8) is 0 Å². The molecule has 0 amide bonds. The van der Waals surface area contributed by atoms with E-state index in [1.54, 1.807) is 0 Å². The number of nitro groups is 1. The summed E-state index contributed by atoms with van der Waals surface area (Å²) in [5, 5.41) is 28.1. The molecule has 7 N–H and O–H groups in total. The smallest absolute Gasteiger partial charge is 0.298 e. The quantitative estimate of drug-likeness (QED) is 0.116. The third-order valence-electron chi connectivity index (χ3n) is 4.20. The minimum absolute atomic E-state index is 0.0547. The number of anilines is 2. The number of phenolic OH excluding ortho intramolecular Hbond substituents is 1. The van der Waals surface area contributed by atoms with Crippen molar-refractivity contribution in [2.24, 2.45) is 10.2 Å². The van der Waals surface area contributed by atoms with Crippen molar-refractivity contribution >= 4 is 59.4 Å². The van der Waals surface area contributed by atoms with Crippen LogP contribution in [0.15, 0.2) is 56.4 Å². The van der Waals surface area contributed by atoms with Crippen molar-refractivity contribution < 1.29 is 36.0 Å². The molecule has 0 spiro atoms. The standard InChI is InChI=1S/C16H13N5O9S2/c17-8-1-2-10(11(5-8)21(23)24)19-20-16-13(32(28,29)30)4-7-3-9(31(25,26)27)6-12(22)14(7)15(16)18/h1-6,22H,17-18H2,(H,25,26,27)(H,28,29,30). The second kappa shape index (κ2) is 7.68. The number of azo groups is 1. The number of hydrogen-bond donors (Lipinski definition) is 5. The van der Waals surface area contributed by atoms with Gasteiger partial charge in [-0.15, -0.1) is 10.2 Å². The number of phenols is 1. The Morgan fingerprint density at radius 2 is 1.59 bits per heavy atom. The largest absolute Gasteiger partial charge is 0.507 e. The monoisotopic (exact) mass is 483 g/mol. The summed E-state index contributed by atoms with van der Waals surface area (Å²) in [6.07, 6.45) is 0. The summed E-state index contributed by atoms with van der Waals surface area (Å²) in [6, 6.07) is 5.61. The van der Waals surface area contributed by atoms with E-state index >= 15 is 0 Å². The maximum Gasteiger partial charge on any atom is 0.298 e. The van der Waals surface area contributed by atoms with Crippen molar-refractivity contribution in [3.05, 3.63) is 46.5 Å². The molecule has 32 heavy (non-hydrogen) atoms. The number of aromatic hydroxyl groups is 1. The number of nitrogen functional groups attached to an aromatic ring is 2. The third-order valence-corrected chi connectivity index (χ3v) is 5.89. The molecule has 0 unspecified atom stereocenters. The first-order valence-electron chi connectivity index (χ1n) is 8.20. The van der Waals surface area contributed by atoms with E-state index in [1.807, 2.05) is 0 Å². The van der Waals surface area contributed by atoms with Crippen LogP contribution in [0.5, 0.6) is 5.75 Å². The average Bonchev–Trinajstić information content (AvgIpc) is 2.65. The summed E-state index contributed by atoms with van der Waals surface area (Å²) < 4.78 is 65.3. The highest BCUT2D eigenvalue weighted by molar-refractivity contribution is 7.86. The zero-order valence-corrected chi connectivity index (χ0v) is 17.2. The van der Waals surface area contributed by atoms with Gasteiger partial charge < -0.3 is 16.6 Å². The van der Waals surface area contributed by atoms with Crippen LogP contribution < -0.4 is 11.5 Å². The first kappa shape index (κ1) is 22.8. The zero-order valence-electron chi connectivity index (χ0n) is 15.6. The normalized spacial score (nSPS) is 12.4. The van der Waals surface area contributed by atoms with Gasteiger partial charge in [0.2, 0.25) is 0 Å². The Hall–Kier alpha value is -3.86. The number of rotatable bonds is 5. The van der Waals surface area contributed by atoms with Gasteiger partial charge in [0.25, 0.3) is 25.9 Å². The summed E-state index contributed by atoms with van der Waals surface area (Å²) in [7, 11) is -9.81. The van der Waals surface area contributed by atoms with E-state index < -0.39 is 57.8 Å². The Labute approximate surface area is 179 Å². The first-order chi connectivity index (χ1) is 14.7. The Bertz CT molecular complexity index is 1530. The molecule has 0 aliphatic rings.